The summed E-state index contributed by atoms with van der Waals surface area (Å²) in [6, 6.07) is 59.5. The molecule has 4 nitrogen and oxygen atoms in total. The highest BCUT2D eigenvalue weighted by atomic mass is 16.3. The normalized spacial score (nSPS) is 14.6. The SMILES string of the molecule is CC1(C)c2ccccc2-c2ccc3c(oc4c(N5c6ccccc6B6c7ccccc7N(c7cccc8oc9ccccc9c78)c7cccc5c76)cccc43)c21. The molecular weight excluding hydrogens is 683 g/mol. The summed E-state index contributed by atoms with van der Waals surface area (Å²) in [5, 5.41) is 4.51. The number of fused-ring (bicyclic) bond motifs is 14. The van der Waals surface area contributed by atoms with Crippen LogP contribution in [0.5, 0.6) is 0 Å². The Labute approximate surface area is 323 Å². The van der Waals surface area contributed by atoms with E-state index in [0.29, 0.717) is 0 Å². The maximum Gasteiger partial charge on any atom is 0.252 e. The average Bonchev–Trinajstić information content (AvgIpc) is 3.89. The van der Waals surface area contributed by atoms with Crippen molar-refractivity contribution < 1.29 is 8.83 Å². The van der Waals surface area contributed by atoms with Gasteiger partial charge in [0.05, 0.1) is 16.8 Å². The number of furan rings is 2. The van der Waals surface area contributed by atoms with Gasteiger partial charge in [0.15, 0.2) is 5.58 Å². The molecule has 3 aliphatic rings. The third-order valence-electron chi connectivity index (χ3n) is 12.8. The standard InChI is InChI=1S/C51H33BN2O2/c1-51(2)35-17-5-3-14-30(35)31-28-29-33-32-16-11-25-43(49(32)56-50(33)47(31)51)54-39-21-9-7-19-37(39)52-36-18-6-8-20-38(36)53(41-23-12-24-42(54)48(41)52)40-22-13-27-45-46(40)34-15-4-10-26-44(34)55-45/h3-29H,1-2H3. The van der Waals surface area contributed by atoms with E-state index in [1.54, 1.807) is 0 Å². The van der Waals surface area contributed by atoms with Crippen LogP contribution in [-0.2, 0) is 5.41 Å². The van der Waals surface area contributed by atoms with Gasteiger partial charge in [0.25, 0.3) is 6.71 Å². The molecule has 10 aromatic rings. The molecule has 0 atom stereocenters. The monoisotopic (exact) mass is 716 g/mol. The summed E-state index contributed by atoms with van der Waals surface area (Å²) in [6.45, 7) is 4.71. The van der Waals surface area contributed by atoms with Crippen molar-refractivity contribution in [3.63, 3.8) is 0 Å². The number of rotatable bonds is 2. The molecule has 0 amide bonds. The van der Waals surface area contributed by atoms with E-state index in [9.17, 15) is 0 Å². The molecule has 13 rings (SSSR count). The lowest BCUT2D eigenvalue weighted by atomic mass is 9.33. The fourth-order valence-electron chi connectivity index (χ4n) is 10.6. The van der Waals surface area contributed by atoms with E-state index in [1.165, 1.54) is 50.0 Å². The zero-order valence-electron chi connectivity index (χ0n) is 30.9. The molecule has 0 spiro atoms. The van der Waals surface area contributed by atoms with E-state index >= 15 is 0 Å². The van der Waals surface area contributed by atoms with E-state index in [1.807, 2.05) is 6.07 Å². The molecule has 0 saturated heterocycles. The predicted octanol–water partition coefficient (Wildman–Crippen LogP) is 11.9. The van der Waals surface area contributed by atoms with E-state index in [2.05, 4.69) is 181 Å². The minimum Gasteiger partial charge on any atom is -0.456 e. The highest BCUT2D eigenvalue weighted by Gasteiger charge is 2.44. The highest BCUT2D eigenvalue weighted by molar-refractivity contribution is 7.00. The topological polar surface area (TPSA) is 32.8 Å². The molecule has 0 radical (unpaired) electrons. The Hall–Kier alpha value is -6.98. The van der Waals surface area contributed by atoms with Crippen molar-refractivity contribution >= 4 is 101 Å². The minimum absolute atomic E-state index is 0.0406. The molecule has 5 heteroatoms. The van der Waals surface area contributed by atoms with Crippen LogP contribution in [0.15, 0.2) is 173 Å². The lowest BCUT2D eigenvalue weighted by molar-refractivity contribution is 0.620. The van der Waals surface area contributed by atoms with Gasteiger partial charge in [-0.25, -0.2) is 0 Å². The van der Waals surface area contributed by atoms with Crippen molar-refractivity contribution in [2.75, 3.05) is 9.80 Å². The van der Waals surface area contributed by atoms with E-state index in [0.717, 1.165) is 66.6 Å². The largest absolute Gasteiger partial charge is 0.456 e. The van der Waals surface area contributed by atoms with Crippen molar-refractivity contribution in [1.82, 2.24) is 0 Å². The van der Waals surface area contributed by atoms with Gasteiger partial charge in [0.1, 0.15) is 16.7 Å². The van der Waals surface area contributed by atoms with Crippen LogP contribution in [0, 0.1) is 0 Å². The number of hydrogen-bond acceptors (Lipinski definition) is 4. The fourth-order valence-corrected chi connectivity index (χ4v) is 10.6. The Morgan fingerprint density at radius 1 is 0.429 bits per heavy atom. The van der Waals surface area contributed by atoms with Gasteiger partial charge in [-0.3, -0.25) is 0 Å². The second kappa shape index (κ2) is 10.6. The lowest BCUT2D eigenvalue weighted by Gasteiger charge is -2.44. The molecule has 0 unspecified atom stereocenters. The second-order valence-corrected chi connectivity index (χ2v) is 16.0. The second-order valence-electron chi connectivity index (χ2n) is 16.0. The van der Waals surface area contributed by atoms with E-state index < -0.39 is 0 Å². The molecule has 56 heavy (non-hydrogen) atoms. The van der Waals surface area contributed by atoms with Crippen molar-refractivity contribution in [3.8, 4) is 11.1 Å². The Morgan fingerprint density at radius 3 is 1.82 bits per heavy atom. The maximum atomic E-state index is 7.24. The summed E-state index contributed by atoms with van der Waals surface area (Å²) in [5.41, 5.74) is 19.3. The van der Waals surface area contributed by atoms with Crippen LogP contribution >= 0.6 is 0 Å². The predicted molar refractivity (Wildman–Crippen MR) is 233 cm³/mol. The van der Waals surface area contributed by atoms with E-state index in [4.69, 9.17) is 8.83 Å². The van der Waals surface area contributed by atoms with Gasteiger partial charge in [0, 0.05) is 49.9 Å². The zero-order chi connectivity index (χ0) is 36.9. The third kappa shape index (κ3) is 3.70. The first-order valence-electron chi connectivity index (χ1n) is 19.5. The zero-order valence-corrected chi connectivity index (χ0v) is 30.9. The number of hydrogen-bond donors (Lipinski definition) is 0. The fraction of sp³-hybridized carbons (Fsp3) is 0.0588. The summed E-state index contributed by atoms with van der Waals surface area (Å²) in [4.78, 5) is 4.92. The molecule has 0 N–H and O–H groups in total. The van der Waals surface area contributed by atoms with Crippen LogP contribution in [0.4, 0.5) is 34.1 Å². The quantitative estimate of drug-likeness (QED) is 0.167. The molecule has 0 bridgehead atoms. The average molecular weight is 717 g/mol. The summed E-state index contributed by atoms with van der Waals surface area (Å²) in [6.07, 6.45) is 0. The third-order valence-corrected chi connectivity index (χ3v) is 12.8. The van der Waals surface area contributed by atoms with Gasteiger partial charge >= 0.3 is 0 Å². The van der Waals surface area contributed by atoms with Gasteiger partial charge < -0.3 is 18.6 Å². The number of benzene rings is 8. The van der Waals surface area contributed by atoms with Crippen molar-refractivity contribution in [2.24, 2.45) is 0 Å². The maximum absolute atomic E-state index is 7.24. The van der Waals surface area contributed by atoms with Gasteiger partial charge in [-0.1, -0.05) is 123 Å². The molecular formula is C51H33BN2O2. The molecule has 2 aliphatic heterocycles. The first-order chi connectivity index (χ1) is 27.6. The van der Waals surface area contributed by atoms with Crippen LogP contribution < -0.4 is 26.2 Å². The molecule has 4 heterocycles. The molecule has 1 aliphatic carbocycles. The molecule has 0 saturated carbocycles. The van der Waals surface area contributed by atoms with Gasteiger partial charge in [-0.2, -0.15) is 0 Å². The molecule has 2 aromatic heterocycles. The number of anilines is 6. The van der Waals surface area contributed by atoms with Crippen LogP contribution in [0.3, 0.4) is 0 Å². The Balaban J connectivity index is 1.09. The summed E-state index contributed by atoms with van der Waals surface area (Å²) in [5.74, 6) is 0. The van der Waals surface area contributed by atoms with Crippen LogP contribution in [0.2, 0.25) is 0 Å². The summed E-state index contributed by atoms with van der Waals surface area (Å²) >= 11 is 0. The van der Waals surface area contributed by atoms with Crippen LogP contribution in [-0.4, -0.2) is 6.71 Å². The van der Waals surface area contributed by atoms with Gasteiger partial charge in [-0.05, 0) is 87.7 Å². The van der Waals surface area contributed by atoms with Crippen molar-refractivity contribution in [2.45, 2.75) is 19.3 Å². The Kier molecular flexibility index (Phi) is 5.76. The first kappa shape index (κ1) is 30.4. The van der Waals surface area contributed by atoms with Crippen LogP contribution in [0.1, 0.15) is 25.0 Å². The Morgan fingerprint density at radius 2 is 1.00 bits per heavy atom. The summed E-state index contributed by atoms with van der Waals surface area (Å²) < 4.78 is 13.7. The van der Waals surface area contributed by atoms with Crippen molar-refractivity contribution in [3.05, 3.63) is 175 Å². The molecule has 262 valence electrons. The number of para-hydroxylation sites is 4. The van der Waals surface area contributed by atoms with Gasteiger partial charge in [-0.15, -0.1) is 0 Å². The Bertz CT molecular complexity index is 3330. The first-order valence-corrected chi connectivity index (χ1v) is 19.5. The lowest BCUT2D eigenvalue weighted by Crippen LogP contribution is -2.61. The summed E-state index contributed by atoms with van der Waals surface area (Å²) in [7, 11) is 0. The highest BCUT2D eigenvalue weighted by Crippen LogP contribution is 2.54. The number of nitrogens with zero attached hydrogens (tertiary/aromatic N) is 2. The van der Waals surface area contributed by atoms with Crippen molar-refractivity contribution in [1.29, 1.82) is 0 Å². The molecule has 8 aromatic carbocycles. The molecule has 0 fully saturated rings. The minimum atomic E-state index is -0.192. The van der Waals surface area contributed by atoms with Crippen LogP contribution in [0.25, 0.3) is 55.0 Å². The van der Waals surface area contributed by atoms with Gasteiger partial charge in [0.2, 0.25) is 0 Å². The smallest absolute Gasteiger partial charge is 0.252 e. The van der Waals surface area contributed by atoms with E-state index in [-0.39, 0.29) is 12.1 Å².